The van der Waals surface area contributed by atoms with Crippen LogP contribution < -0.4 is 14.8 Å². The van der Waals surface area contributed by atoms with Crippen LogP contribution in [0, 0.1) is 19.7 Å². The number of halogens is 4. The predicted octanol–water partition coefficient (Wildman–Crippen LogP) is 6.15. The van der Waals surface area contributed by atoms with Crippen molar-refractivity contribution < 1.29 is 40.2 Å². The molecule has 1 N–H and O–H groups in total. The monoisotopic (exact) mass is 581 g/mol. The zero-order chi connectivity index (χ0) is 29.6. The Bertz CT molecular complexity index is 1600. The van der Waals surface area contributed by atoms with Gasteiger partial charge >= 0.3 is 6.18 Å². The number of hydrogen-bond acceptors (Lipinski definition) is 7. The first-order valence-corrected chi connectivity index (χ1v) is 14.1. The van der Waals surface area contributed by atoms with Gasteiger partial charge in [0.25, 0.3) is 11.8 Å². The molecule has 4 rings (SSSR count). The molecule has 8 nitrogen and oxygen atoms in total. The van der Waals surface area contributed by atoms with E-state index in [-0.39, 0.29) is 22.1 Å². The van der Waals surface area contributed by atoms with Gasteiger partial charge in [-0.1, -0.05) is 19.4 Å². The first kappa shape index (κ1) is 29.2. The van der Waals surface area contributed by atoms with E-state index in [1.165, 1.54) is 25.3 Å². The molecule has 1 amide bonds. The fourth-order valence-corrected chi connectivity index (χ4v) is 5.34. The van der Waals surface area contributed by atoms with Gasteiger partial charge in [0.15, 0.2) is 32.8 Å². The van der Waals surface area contributed by atoms with Gasteiger partial charge in [0, 0.05) is 11.9 Å². The van der Waals surface area contributed by atoms with Gasteiger partial charge in [0.2, 0.25) is 0 Å². The number of carbonyl (C=O) groups is 1. The highest BCUT2D eigenvalue weighted by atomic mass is 32.2. The third kappa shape index (κ3) is 5.47. The van der Waals surface area contributed by atoms with E-state index in [2.05, 4.69) is 15.5 Å². The molecule has 1 aliphatic carbocycles. The summed E-state index contributed by atoms with van der Waals surface area (Å²) >= 11 is 0. The number of alkyl halides is 3. The number of aryl methyl sites for hydroxylation is 1. The number of sulfone groups is 1. The van der Waals surface area contributed by atoms with E-state index in [0.29, 0.717) is 11.1 Å². The van der Waals surface area contributed by atoms with Crippen LogP contribution in [0.4, 0.5) is 23.2 Å². The minimum Gasteiger partial charge on any atom is -0.490 e. The van der Waals surface area contributed by atoms with Gasteiger partial charge in [-0.3, -0.25) is 4.79 Å². The maximum Gasteiger partial charge on any atom is 0.435 e. The molecule has 2 aromatic carbocycles. The number of aromatic nitrogens is 2. The zero-order valence-electron chi connectivity index (χ0n) is 22.4. The van der Waals surface area contributed by atoms with Gasteiger partial charge in [-0.05, 0) is 73.1 Å². The summed E-state index contributed by atoms with van der Waals surface area (Å²) in [5, 5.41) is 9.16. The van der Waals surface area contributed by atoms with E-state index < -0.39 is 55.9 Å². The molecule has 1 heterocycles. The standard InChI is InChI=1S/C27H27F4N3O5S/c1-14-12-18(26(3)10-7-11-26)20(28)22(38-4)21(14)39-25-19(15(2)23(33-34-25)27(29,30)31)24(35)32-16-8-6-9-17(13-16)40(5,36)37/h6,8-9,12-13H,7,10-11H2,1-5H3,(H,32,35). The van der Waals surface area contributed by atoms with Crippen LogP contribution in [0.25, 0.3) is 0 Å². The first-order valence-electron chi connectivity index (χ1n) is 12.2. The Kier molecular flexibility index (Phi) is 7.56. The van der Waals surface area contributed by atoms with E-state index in [9.17, 15) is 26.4 Å². The molecule has 13 heteroatoms. The van der Waals surface area contributed by atoms with Crippen LogP contribution in [0.2, 0.25) is 0 Å². The number of ether oxygens (including phenoxy) is 2. The van der Waals surface area contributed by atoms with Gasteiger partial charge in [-0.2, -0.15) is 13.2 Å². The molecule has 3 aromatic rings. The van der Waals surface area contributed by atoms with E-state index in [4.69, 9.17) is 9.47 Å². The predicted molar refractivity (Wildman–Crippen MR) is 138 cm³/mol. The van der Waals surface area contributed by atoms with E-state index in [1.807, 2.05) is 6.92 Å². The third-order valence-electron chi connectivity index (χ3n) is 7.07. The Hall–Kier alpha value is -3.74. The quantitative estimate of drug-likeness (QED) is 0.334. The van der Waals surface area contributed by atoms with E-state index in [1.54, 1.807) is 13.0 Å². The number of carbonyl (C=O) groups excluding carboxylic acids is 1. The van der Waals surface area contributed by atoms with Crippen LogP contribution >= 0.6 is 0 Å². The Morgan fingerprint density at radius 2 is 1.77 bits per heavy atom. The smallest absolute Gasteiger partial charge is 0.435 e. The summed E-state index contributed by atoms with van der Waals surface area (Å²) in [6, 6.07) is 6.78. The van der Waals surface area contributed by atoms with Crippen molar-refractivity contribution in [2.45, 2.75) is 56.5 Å². The summed E-state index contributed by atoms with van der Waals surface area (Å²) in [7, 11) is -2.41. The molecule has 1 aromatic heterocycles. The topological polar surface area (TPSA) is 107 Å². The second-order valence-corrected chi connectivity index (χ2v) is 12.1. The molecule has 0 unspecified atom stereocenters. The van der Waals surface area contributed by atoms with Gasteiger partial charge < -0.3 is 14.8 Å². The number of amides is 1. The lowest BCUT2D eigenvalue weighted by Gasteiger charge is -2.39. The number of hydrogen-bond donors (Lipinski definition) is 1. The van der Waals surface area contributed by atoms with Crippen LogP contribution in [0.15, 0.2) is 35.2 Å². The highest BCUT2D eigenvalue weighted by Crippen LogP contribution is 2.49. The molecule has 0 aliphatic heterocycles. The van der Waals surface area contributed by atoms with Crippen LogP contribution in [0.5, 0.6) is 17.4 Å². The van der Waals surface area contributed by atoms with Gasteiger partial charge in [0.1, 0.15) is 5.56 Å². The number of benzene rings is 2. The summed E-state index contributed by atoms with van der Waals surface area (Å²) in [5.74, 6) is -2.83. The van der Waals surface area contributed by atoms with Crippen LogP contribution in [0.3, 0.4) is 0 Å². The van der Waals surface area contributed by atoms with Crippen molar-refractivity contribution in [1.29, 1.82) is 0 Å². The summed E-state index contributed by atoms with van der Waals surface area (Å²) in [5.41, 5.74) is -2.18. The Morgan fingerprint density at radius 3 is 2.33 bits per heavy atom. The molecule has 0 atom stereocenters. The van der Waals surface area contributed by atoms with Crippen molar-refractivity contribution >= 4 is 21.4 Å². The number of nitrogens with one attached hydrogen (secondary N) is 1. The molecule has 214 valence electrons. The molecule has 0 spiro atoms. The largest absolute Gasteiger partial charge is 0.490 e. The van der Waals surface area contributed by atoms with E-state index in [0.717, 1.165) is 38.5 Å². The summed E-state index contributed by atoms with van der Waals surface area (Å²) in [6.45, 7) is 4.57. The zero-order valence-corrected chi connectivity index (χ0v) is 23.2. The van der Waals surface area contributed by atoms with Crippen LogP contribution in [-0.4, -0.2) is 37.9 Å². The molecular weight excluding hydrogens is 554 g/mol. The summed E-state index contributed by atoms with van der Waals surface area (Å²) in [6.07, 6.45) is -1.47. The lowest BCUT2D eigenvalue weighted by Crippen LogP contribution is -2.31. The fourth-order valence-electron chi connectivity index (χ4n) is 4.67. The van der Waals surface area contributed by atoms with Gasteiger partial charge in [-0.15, -0.1) is 10.2 Å². The van der Waals surface area contributed by atoms with Gasteiger partial charge in [0.05, 0.1) is 12.0 Å². The average molecular weight is 582 g/mol. The number of methoxy groups -OCH3 is 1. The second kappa shape index (κ2) is 10.3. The van der Waals surface area contributed by atoms with Crippen molar-refractivity contribution in [2.24, 2.45) is 0 Å². The number of anilines is 1. The third-order valence-corrected chi connectivity index (χ3v) is 8.18. The maximum atomic E-state index is 15.6. The summed E-state index contributed by atoms with van der Waals surface area (Å²) in [4.78, 5) is 13.2. The maximum absolute atomic E-state index is 15.6. The van der Waals surface area contributed by atoms with Crippen molar-refractivity contribution in [1.82, 2.24) is 10.2 Å². The van der Waals surface area contributed by atoms with Crippen molar-refractivity contribution in [3.63, 3.8) is 0 Å². The van der Waals surface area contributed by atoms with Crippen LogP contribution in [0.1, 0.15) is 58.9 Å². The number of rotatable bonds is 7. The Morgan fingerprint density at radius 1 is 1.10 bits per heavy atom. The minimum absolute atomic E-state index is 0.00143. The Labute approximate surface area is 228 Å². The SMILES string of the molecule is COc1c(F)c(C2(C)CCC2)cc(C)c1Oc1nnc(C(F)(F)F)c(C)c1C(=O)Nc1cccc(S(C)(=O)=O)c1. The molecule has 1 fully saturated rings. The lowest BCUT2D eigenvalue weighted by molar-refractivity contribution is -0.142. The molecule has 1 aliphatic rings. The molecule has 0 saturated heterocycles. The molecular formula is C27H27F4N3O5S. The molecule has 1 saturated carbocycles. The van der Waals surface area contributed by atoms with Gasteiger partial charge in [-0.25, -0.2) is 12.8 Å². The normalized spacial score (nSPS) is 14.8. The lowest BCUT2D eigenvalue weighted by atomic mass is 9.65. The van der Waals surface area contributed by atoms with Crippen molar-refractivity contribution in [3.05, 3.63) is 64.1 Å². The minimum atomic E-state index is -4.94. The highest BCUT2D eigenvalue weighted by Gasteiger charge is 2.40. The molecule has 0 bridgehead atoms. The van der Waals surface area contributed by atoms with Crippen molar-refractivity contribution in [3.8, 4) is 17.4 Å². The number of nitrogens with zero attached hydrogens (tertiary/aromatic N) is 2. The van der Waals surface area contributed by atoms with Crippen LogP contribution in [-0.2, 0) is 21.4 Å². The second-order valence-electron chi connectivity index (χ2n) is 10.0. The highest BCUT2D eigenvalue weighted by molar-refractivity contribution is 7.90. The average Bonchev–Trinajstić information content (AvgIpc) is 2.83. The van der Waals surface area contributed by atoms with E-state index >= 15 is 4.39 Å². The summed E-state index contributed by atoms with van der Waals surface area (Å²) < 4.78 is 91.6. The first-order chi connectivity index (χ1) is 18.6. The fraction of sp³-hybridized carbons (Fsp3) is 0.370. The molecule has 0 radical (unpaired) electrons. The molecule has 40 heavy (non-hydrogen) atoms. The van der Waals surface area contributed by atoms with Crippen molar-refractivity contribution in [2.75, 3.05) is 18.7 Å². The Balaban J connectivity index is 1.82.